The number of aromatic nitrogens is 5. The molecule has 12 heteroatoms. The highest BCUT2D eigenvalue weighted by atomic mass is 35.5. The van der Waals surface area contributed by atoms with Crippen LogP contribution in [0.4, 0.5) is 22.1 Å². The number of hydrogen-bond acceptors (Lipinski definition) is 5. The van der Waals surface area contributed by atoms with E-state index in [1.165, 1.54) is 9.20 Å². The summed E-state index contributed by atoms with van der Waals surface area (Å²) in [5, 5.41) is 12.7. The van der Waals surface area contributed by atoms with Crippen molar-refractivity contribution in [3.05, 3.63) is 64.2 Å². The largest absolute Gasteiger partial charge is 0.463 e. The molecule has 0 bridgehead atoms. The number of rotatable bonds is 6. The Labute approximate surface area is 199 Å². The first-order chi connectivity index (χ1) is 16.3. The summed E-state index contributed by atoms with van der Waals surface area (Å²) in [6.45, 7) is 13.5. The van der Waals surface area contributed by atoms with Gasteiger partial charge in [-0.2, -0.15) is 10.1 Å². The minimum absolute atomic E-state index is 0.0208. The molecule has 0 fully saturated rings. The van der Waals surface area contributed by atoms with Crippen LogP contribution in [0.15, 0.2) is 36.7 Å². The Morgan fingerprint density at radius 3 is 2.79 bits per heavy atom. The highest BCUT2D eigenvalue weighted by Gasteiger charge is 2.29. The van der Waals surface area contributed by atoms with Crippen LogP contribution in [0.3, 0.4) is 0 Å². The molecule has 0 unspecified atom stereocenters. The number of aromatic amines is 1. The van der Waals surface area contributed by atoms with Gasteiger partial charge in [0.2, 0.25) is 11.6 Å². The molecule has 0 aliphatic heterocycles. The normalized spacial score (nSPS) is 10.9. The molecule has 174 valence electrons. The lowest BCUT2D eigenvalue weighted by atomic mass is 10.2. The van der Waals surface area contributed by atoms with Gasteiger partial charge < -0.3 is 10.1 Å². The fourth-order valence-electron chi connectivity index (χ4n) is 3.25. The number of esters is 1. The van der Waals surface area contributed by atoms with E-state index < -0.39 is 12.0 Å². The third-order valence-corrected chi connectivity index (χ3v) is 5.05. The molecule has 0 aliphatic carbocycles. The second-order valence-electron chi connectivity index (χ2n) is 7.90. The molecule has 0 saturated carbocycles. The van der Waals surface area contributed by atoms with E-state index in [-0.39, 0.29) is 41.2 Å². The summed E-state index contributed by atoms with van der Waals surface area (Å²) in [7, 11) is 0. The second kappa shape index (κ2) is 9.29. The monoisotopic (exact) mass is 480 g/mol. The third-order valence-electron chi connectivity index (χ3n) is 4.72. The number of fused-ring (bicyclic) bond motifs is 1. The Morgan fingerprint density at radius 2 is 2.12 bits per heavy atom. The van der Waals surface area contributed by atoms with Gasteiger partial charge in [0.25, 0.3) is 0 Å². The fraction of sp³-hybridized carbons (Fsp3) is 0.227. The van der Waals surface area contributed by atoms with Crippen LogP contribution in [-0.2, 0) is 4.74 Å². The minimum atomic E-state index is -0.690. The van der Waals surface area contributed by atoms with Crippen LogP contribution < -0.4 is 10.6 Å². The maximum Gasteiger partial charge on any atom is 0.331 e. The molecule has 0 saturated heterocycles. The third kappa shape index (κ3) is 4.44. The molecule has 0 atom stereocenters. The van der Waals surface area contributed by atoms with Crippen molar-refractivity contribution < 1.29 is 14.3 Å². The predicted octanol–water partition coefficient (Wildman–Crippen LogP) is 4.82. The lowest BCUT2D eigenvalue weighted by Crippen LogP contribution is -2.20. The molecule has 2 amide bonds. The second-order valence-corrected chi connectivity index (χ2v) is 8.30. The van der Waals surface area contributed by atoms with Crippen LogP contribution >= 0.6 is 11.6 Å². The zero-order valence-electron chi connectivity index (χ0n) is 18.6. The summed E-state index contributed by atoms with van der Waals surface area (Å²) in [4.78, 5) is 33.3. The highest BCUT2D eigenvalue weighted by Crippen LogP contribution is 2.34. The van der Waals surface area contributed by atoms with Crippen molar-refractivity contribution in [2.24, 2.45) is 5.92 Å². The van der Waals surface area contributed by atoms with Crippen LogP contribution in [-0.4, -0.2) is 43.0 Å². The summed E-state index contributed by atoms with van der Waals surface area (Å²) in [5.41, 5.74) is 1.48. The Hall–Kier alpha value is -4.30. The Bertz CT molecular complexity index is 1410. The van der Waals surface area contributed by atoms with Gasteiger partial charge in [0.15, 0.2) is 11.5 Å². The zero-order valence-corrected chi connectivity index (χ0v) is 19.3. The number of anilines is 2. The van der Waals surface area contributed by atoms with Crippen molar-refractivity contribution in [3.63, 3.8) is 0 Å². The average Bonchev–Trinajstić information content (AvgIpc) is 3.50. The number of urea groups is 1. The number of carbonyl (C=O) groups excluding carboxylic acids is 2. The Morgan fingerprint density at radius 1 is 1.32 bits per heavy atom. The number of nitrogens with one attached hydrogen (secondary N) is 3. The van der Waals surface area contributed by atoms with E-state index in [1.54, 1.807) is 30.6 Å². The van der Waals surface area contributed by atoms with Crippen molar-refractivity contribution in [2.75, 3.05) is 17.2 Å². The first kappa shape index (κ1) is 22.9. The number of ether oxygens (including phenoxy) is 1. The molecular weight excluding hydrogens is 460 g/mol. The van der Waals surface area contributed by atoms with Gasteiger partial charge in [-0.1, -0.05) is 31.5 Å². The van der Waals surface area contributed by atoms with Crippen LogP contribution in [0.1, 0.15) is 29.8 Å². The van der Waals surface area contributed by atoms with Gasteiger partial charge in [0.05, 0.1) is 23.9 Å². The van der Waals surface area contributed by atoms with Gasteiger partial charge in [-0.05, 0) is 36.6 Å². The summed E-state index contributed by atoms with van der Waals surface area (Å²) >= 11 is 6.15. The molecule has 3 N–H and O–H groups in total. The zero-order chi connectivity index (χ0) is 24.4. The van der Waals surface area contributed by atoms with Crippen molar-refractivity contribution in [1.29, 1.82) is 0 Å². The standard InChI is InChI=1S/C22H21ClN8O3/c1-12(2)11-34-20(32)16-17(24-4)19(30-9-5-8-25-30)31-18(16)27-21(29-31)28-22(33)26-15-10-13(3)6-7-14(15)23/h5-10,12H,11H2,1-3H3,(H3,26,27,28,29,33). The number of hydrogen-bond donors (Lipinski definition) is 3. The maximum atomic E-state index is 12.9. The lowest BCUT2D eigenvalue weighted by Gasteiger charge is -2.08. The van der Waals surface area contributed by atoms with Gasteiger partial charge in [-0.3, -0.25) is 10.4 Å². The molecule has 0 radical (unpaired) electrons. The topological polar surface area (TPSA) is 123 Å². The molecule has 4 rings (SSSR count). The van der Waals surface area contributed by atoms with E-state index >= 15 is 0 Å². The first-order valence-corrected chi connectivity index (χ1v) is 10.7. The van der Waals surface area contributed by atoms with Crippen LogP contribution in [0, 0.1) is 19.4 Å². The smallest absolute Gasteiger partial charge is 0.331 e. The van der Waals surface area contributed by atoms with Gasteiger partial charge in [-0.15, -0.1) is 0 Å². The van der Waals surface area contributed by atoms with E-state index in [2.05, 4.69) is 30.7 Å². The van der Waals surface area contributed by atoms with Gasteiger partial charge >= 0.3 is 12.0 Å². The van der Waals surface area contributed by atoms with Crippen LogP contribution in [0.2, 0.25) is 5.02 Å². The molecule has 0 aliphatic rings. The minimum Gasteiger partial charge on any atom is -0.463 e. The van der Waals surface area contributed by atoms with Crippen molar-refractivity contribution in [1.82, 2.24) is 24.4 Å². The summed E-state index contributed by atoms with van der Waals surface area (Å²) in [5.74, 6) is -0.282. The molecule has 4 aromatic rings. The number of H-pyrrole nitrogens is 1. The molecule has 3 heterocycles. The highest BCUT2D eigenvalue weighted by molar-refractivity contribution is 6.33. The number of amides is 2. The molecule has 1 aromatic carbocycles. The molecule has 3 aromatic heterocycles. The number of nitrogens with zero attached hydrogens (tertiary/aromatic N) is 5. The van der Waals surface area contributed by atoms with Crippen LogP contribution in [0.25, 0.3) is 16.3 Å². The summed E-state index contributed by atoms with van der Waals surface area (Å²) < 4.78 is 8.20. The van der Waals surface area contributed by atoms with E-state index in [1.807, 2.05) is 26.8 Å². The quantitative estimate of drug-likeness (QED) is 0.270. The van der Waals surface area contributed by atoms with E-state index in [0.717, 1.165) is 5.56 Å². The van der Waals surface area contributed by atoms with Gasteiger partial charge in [0, 0.05) is 12.4 Å². The van der Waals surface area contributed by atoms with E-state index in [0.29, 0.717) is 10.7 Å². The number of benzene rings is 1. The van der Waals surface area contributed by atoms with Crippen molar-refractivity contribution in [3.8, 4) is 5.82 Å². The number of carbonyl (C=O) groups is 2. The van der Waals surface area contributed by atoms with Crippen LogP contribution in [0.5, 0.6) is 0 Å². The van der Waals surface area contributed by atoms with Crippen molar-refractivity contribution in [2.45, 2.75) is 20.8 Å². The first-order valence-electron chi connectivity index (χ1n) is 10.3. The average molecular weight is 481 g/mol. The van der Waals surface area contributed by atoms with E-state index in [9.17, 15) is 9.59 Å². The predicted molar refractivity (Wildman–Crippen MR) is 127 cm³/mol. The van der Waals surface area contributed by atoms with Crippen molar-refractivity contribution >= 4 is 46.6 Å². The Kier molecular flexibility index (Phi) is 6.25. The maximum absolute atomic E-state index is 12.9. The molecular formula is C22H21ClN8O3. The molecule has 11 nitrogen and oxygen atoms in total. The summed E-state index contributed by atoms with van der Waals surface area (Å²) in [6, 6.07) is 6.32. The molecule has 34 heavy (non-hydrogen) atoms. The van der Waals surface area contributed by atoms with Gasteiger partial charge in [-0.25, -0.2) is 23.6 Å². The Balaban J connectivity index is 1.72. The summed E-state index contributed by atoms with van der Waals surface area (Å²) in [6.07, 6.45) is 3.17. The number of halogens is 1. The fourth-order valence-corrected chi connectivity index (χ4v) is 3.41. The molecule has 0 spiro atoms. The SMILES string of the molecule is [C-]#[N+]c1c(C(=O)OCC(C)C)c2nc(NC(=O)Nc3cc(C)ccc3Cl)[nH]n2c1-n1cccn1. The number of aryl methyl sites for hydroxylation is 1. The lowest BCUT2D eigenvalue weighted by molar-refractivity contribution is 0.0462. The van der Waals surface area contributed by atoms with E-state index in [4.69, 9.17) is 22.9 Å². The van der Waals surface area contributed by atoms with Gasteiger partial charge in [0.1, 0.15) is 5.56 Å².